The Morgan fingerprint density at radius 3 is 2.24 bits per heavy atom. The molecule has 1 unspecified atom stereocenters. The van der Waals surface area contributed by atoms with Crippen molar-refractivity contribution in [2.24, 2.45) is 10.9 Å². The predicted molar refractivity (Wildman–Crippen MR) is 82.8 cm³/mol. The van der Waals surface area contributed by atoms with E-state index in [0.29, 0.717) is 19.8 Å². The van der Waals surface area contributed by atoms with Crippen molar-refractivity contribution in [2.75, 3.05) is 47.1 Å². The van der Waals surface area contributed by atoms with Crippen molar-refractivity contribution in [1.29, 1.82) is 0 Å². The van der Waals surface area contributed by atoms with Gasteiger partial charge in [0.25, 0.3) is 0 Å². The summed E-state index contributed by atoms with van der Waals surface area (Å²) in [5, 5.41) is 12.2. The first kappa shape index (κ1) is 17.4. The zero-order valence-corrected chi connectivity index (χ0v) is 12.7. The normalized spacial score (nSPS) is 13.6. The topological polar surface area (TPSA) is 80.3 Å². The van der Waals surface area contributed by atoms with Crippen molar-refractivity contribution < 1.29 is 14.7 Å². The molecule has 21 heavy (non-hydrogen) atoms. The molecule has 0 heterocycles. The van der Waals surface area contributed by atoms with E-state index in [-0.39, 0.29) is 11.8 Å². The third-order valence-electron chi connectivity index (χ3n) is 3.34. The molecule has 0 radical (unpaired) electrons. The minimum Gasteiger partial charge on any atom is -0.409 e. The van der Waals surface area contributed by atoms with Crippen LogP contribution in [0.3, 0.4) is 0 Å². The second-order valence-electron chi connectivity index (χ2n) is 4.77. The Morgan fingerprint density at radius 2 is 1.76 bits per heavy atom. The van der Waals surface area contributed by atoms with E-state index >= 15 is 0 Å². The number of methoxy groups -OCH3 is 2. The highest BCUT2D eigenvalue weighted by Gasteiger charge is 2.20. The van der Waals surface area contributed by atoms with Crippen LogP contribution in [0.25, 0.3) is 0 Å². The number of benzene rings is 1. The number of ether oxygens (including phenoxy) is 2. The molecule has 3 N–H and O–H groups in total. The average Bonchev–Trinajstić information content (AvgIpc) is 2.54. The van der Waals surface area contributed by atoms with E-state index in [1.54, 1.807) is 14.2 Å². The van der Waals surface area contributed by atoms with Gasteiger partial charge in [-0.3, -0.25) is 4.90 Å². The predicted octanol–water partition coefficient (Wildman–Crippen LogP) is 1.11. The van der Waals surface area contributed by atoms with Crippen LogP contribution in [-0.2, 0) is 9.47 Å². The zero-order chi connectivity index (χ0) is 15.5. The third-order valence-corrected chi connectivity index (χ3v) is 3.34. The molecule has 0 saturated heterocycles. The van der Waals surface area contributed by atoms with Crippen molar-refractivity contribution in [3.05, 3.63) is 35.9 Å². The number of oxime groups is 1. The van der Waals surface area contributed by atoms with Crippen molar-refractivity contribution in [3.63, 3.8) is 0 Å². The van der Waals surface area contributed by atoms with Gasteiger partial charge in [0, 0.05) is 33.9 Å². The molecule has 0 amide bonds. The van der Waals surface area contributed by atoms with E-state index in [1.165, 1.54) is 0 Å². The van der Waals surface area contributed by atoms with E-state index in [0.717, 1.165) is 18.7 Å². The Labute approximate surface area is 126 Å². The molecular formula is C15H25N3O3. The van der Waals surface area contributed by atoms with E-state index in [9.17, 15) is 0 Å². The molecule has 118 valence electrons. The monoisotopic (exact) mass is 295 g/mol. The Balaban J connectivity index is 2.81. The van der Waals surface area contributed by atoms with Crippen molar-refractivity contribution >= 4 is 5.84 Å². The lowest BCUT2D eigenvalue weighted by Gasteiger charge is -2.26. The maximum Gasteiger partial charge on any atom is 0.147 e. The number of nitrogens with two attached hydrogens (primary N) is 1. The van der Waals surface area contributed by atoms with Gasteiger partial charge in [0.05, 0.1) is 19.1 Å². The molecule has 0 aliphatic rings. The summed E-state index contributed by atoms with van der Waals surface area (Å²) < 4.78 is 10.3. The summed E-state index contributed by atoms with van der Waals surface area (Å²) in [5.74, 6) is 0.0472. The van der Waals surface area contributed by atoms with Gasteiger partial charge in [-0.25, -0.2) is 0 Å². The van der Waals surface area contributed by atoms with Crippen molar-refractivity contribution in [1.82, 2.24) is 4.90 Å². The molecule has 0 aromatic heterocycles. The van der Waals surface area contributed by atoms with Crippen LogP contribution < -0.4 is 5.73 Å². The average molecular weight is 295 g/mol. The van der Waals surface area contributed by atoms with Gasteiger partial charge < -0.3 is 20.4 Å². The maximum absolute atomic E-state index is 9.03. The fourth-order valence-electron chi connectivity index (χ4n) is 2.12. The maximum atomic E-state index is 9.03. The van der Waals surface area contributed by atoms with Crippen molar-refractivity contribution in [3.8, 4) is 0 Å². The molecule has 0 fully saturated rings. The number of amidine groups is 1. The van der Waals surface area contributed by atoms with Gasteiger partial charge >= 0.3 is 0 Å². The SMILES string of the molecule is COCCN(CCOC)CC(C(N)=NO)c1ccccc1. The molecule has 1 rings (SSSR count). The lowest BCUT2D eigenvalue weighted by molar-refractivity contribution is 0.113. The number of nitrogens with zero attached hydrogens (tertiary/aromatic N) is 2. The molecule has 0 spiro atoms. The van der Waals surface area contributed by atoms with Crippen LogP contribution >= 0.6 is 0 Å². The minimum absolute atomic E-state index is 0.162. The standard InChI is InChI=1S/C15H25N3O3/c1-20-10-8-18(9-11-21-2)12-14(15(16)17-19)13-6-4-3-5-7-13/h3-7,14,19H,8-12H2,1-2H3,(H2,16,17). The Hall–Kier alpha value is -1.63. The highest BCUT2D eigenvalue weighted by atomic mass is 16.5. The largest absolute Gasteiger partial charge is 0.409 e. The van der Waals surface area contributed by atoms with Crippen LogP contribution in [0.2, 0.25) is 0 Å². The van der Waals surface area contributed by atoms with Gasteiger partial charge in [-0.1, -0.05) is 35.5 Å². The van der Waals surface area contributed by atoms with Gasteiger partial charge in [-0.2, -0.15) is 0 Å². The fourth-order valence-corrected chi connectivity index (χ4v) is 2.12. The minimum atomic E-state index is -0.162. The Morgan fingerprint density at radius 1 is 1.19 bits per heavy atom. The van der Waals surface area contributed by atoms with Crippen LogP contribution in [0.1, 0.15) is 11.5 Å². The van der Waals surface area contributed by atoms with Crippen molar-refractivity contribution in [2.45, 2.75) is 5.92 Å². The smallest absolute Gasteiger partial charge is 0.147 e. The molecule has 6 nitrogen and oxygen atoms in total. The summed E-state index contributed by atoms with van der Waals surface area (Å²) in [4.78, 5) is 2.18. The van der Waals surface area contributed by atoms with Crippen LogP contribution in [-0.4, -0.2) is 63.0 Å². The number of hydrogen-bond donors (Lipinski definition) is 2. The van der Waals surface area contributed by atoms with Crippen LogP contribution in [0.5, 0.6) is 0 Å². The van der Waals surface area contributed by atoms with E-state index < -0.39 is 0 Å². The fraction of sp³-hybridized carbons (Fsp3) is 0.533. The lowest BCUT2D eigenvalue weighted by atomic mass is 9.97. The molecule has 0 saturated carbocycles. The highest BCUT2D eigenvalue weighted by Crippen LogP contribution is 2.17. The van der Waals surface area contributed by atoms with E-state index in [4.69, 9.17) is 20.4 Å². The first-order valence-electron chi connectivity index (χ1n) is 6.95. The van der Waals surface area contributed by atoms with E-state index in [1.807, 2.05) is 30.3 Å². The summed E-state index contributed by atoms with van der Waals surface area (Å²) in [5.41, 5.74) is 6.89. The van der Waals surface area contributed by atoms with E-state index in [2.05, 4.69) is 10.1 Å². The number of rotatable bonds is 10. The first-order valence-corrected chi connectivity index (χ1v) is 6.95. The van der Waals surface area contributed by atoms with Gasteiger partial charge in [-0.15, -0.1) is 0 Å². The molecule has 0 aliphatic carbocycles. The molecule has 0 aliphatic heterocycles. The summed E-state index contributed by atoms with van der Waals surface area (Å²) in [7, 11) is 3.35. The number of hydrogen-bond acceptors (Lipinski definition) is 5. The molecule has 6 heteroatoms. The van der Waals surface area contributed by atoms with Gasteiger partial charge in [0.15, 0.2) is 0 Å². The zero-order valence-electron chi connectivity index (χ0n) is 12.7. The second kappa shape index (κ2) is 10.1. The summed E-state index contributed by atoms with van der Waals surface area (Å²) in [6.07, 6.45) is 0. The lowest BCUT2D eigenvalue weighted by Crippen LogP contribution is -2.38. The first-order chi connectivity index (χ1) is 10.2. The van der Waals surface area contributed by atoms with Gasteiger partial charge in [0.2, 0.25) is 0 Å². The Bertz CT molecular complexity index is 404. The molecule has 1 aromatic carbocycles. The summed E-state index contributed by atoms with van der Waals surface area (Å²) in [6, 6.07) is 9.80. The van der Waals surface area contributed by atoms with Gasteiger partial charge in [-0.05, 0) is 5.56 Å². The molecule has 0 bridgehead atoms. The van der Waals surface area contributed by atoms with Crippen LogP contribution in [0.4, 0.5) is 0 Å². The summed E-state index contributed by atoms with van der Waals surface area (Å²) in [6.45, 7) is 3.43. The van der Waals surface area contributed by atoms with Crippen LogP contribution in [0, 0.1) is 0 Å². The molecular weight excluding hydrogens is 270 g/mol. The quantitative estimate of drug-likeness (QED) is 0.292. The Kier molecular flexibility index (Phi) is 8.42. The third kappa shape index (κ3) is 6.12. The second-order valence-corrected chi connectivity index (χ2v) is 4.77. The molecule has 1 atom stereocenters. The van der Waals surface area contributed by atoms with Crippen LogP contribution in [0.15, 0.2) is 35.5 Å². The summed E-state index contributed by atoms with van der Waals surface area (Å²) >= 11 is 0. The highest BCUT2D eigenvalue weighted by molar-refractivity contribution is 5.87. The van der Waals surface area contributed by atoms with Gasteiger partial charge in [0.1, 0.15) is 5.84 Å². The molecule has 1 aromatic rings.